The monoisotopic (exact) mass is 268 g/mol. The van der Waals surface area contributed by atoms with Gasteiger partial charge in [-0.3, -0.25) is 4.90 Å². The molecule has 0 aliphatic carbocycles. The molecule has 0 saturated heterocycles. The number of rotatable bonds is 5. The average molecular weight is 268 g/mol. The molecule has 20 heavy (non-hydrogen) atoms. The molecule has 0 radical (unpaired) electrons. The minimum atomic E-state index is 0.364. The molecule has 1 atom stereocenters. The van der Waals surface area contributed by atoms with E-state index in [9.17, 15) is 0 Å². The van der Waals surface area contributed by atoms with Crippen LogP contribution in [0.2, 0.25) is 0 Å². The lowest BCUT2D eigenvalue weighted by atomic mass is 10.0. The molecule has 0 bridgehead atoms. The highest BCUT2D eigenvalue weighted by Crippen LogP contribution is 2.24. The second kappa shape index (κ2) is 6.58. The van der Waals surface area contributed by atoms with Gasteiger partial charge in [0.2, 0.25) is 0 Å². The van der Waals surface area contributed by atoms with Crippen LogP contribution in [0.1, 0.15) is 36.6 Å². The van der Waals surface area contributed by atoms with E-state index in [1.54, 1.807) is 0 Å². The number of anilines is 1. The molecule has 0 aliphatic rings. The Bertz CT molecular complexity index is 563. The smallest absolute Gasteiger partial charge is 0.0324 e. The second-order valence-electron chi connectivity index (χ2n) is 5.34. The van der Waals surface area contributed by atoms with Crippen molar-refractivity contribution in [3.63, 3.8) is 0 Å². The summed E-state index contributed by atoms with van der Waals surface area (Å²) in [5.41, 5.74) is 10.8. The molecule has 2 nitrogen and oxygen atoms in total. The van der Waals surface area contributed by atoms with Gasteiger partial charge in [0, 0.05) is 18.3 Å². The van der Waals surface area contributed by atoms with E-state index in [0.717, 1.165) is 18.8 Å². The van der Waals surface area contributed by atoms with Gasteiger partial charge in [-0.1, -0.05) is 43.3 Å². The van der Waals surface area contributed by atoms with Gasteiger partial charge in [-0.15, -0.1) is 0 Å². The maximum Gasteiger partial charge on any atom is 0.0324 e. The molecule has 0 aliphatic heterocycles. The van der Waals surface area contributed by atoms with Gasteiger partial charge in [0.15, 0.2) is 0 Å². The molecule has 2 heteroatoms. The Labute approximate surface area is 122 Å². The molecule has 0 saturated carbocycles. The Kier molecular flexibility index (Phi) is 4.80. The van der Waals surface area contributed by atoms with E-state index in [2.05, 4.69) is 62.1 Å². The lowest BCUT2D eigenvalue weighted by molar-refractivity contribution is 0.212. The van der Waals surface area contributed by atoms with Gasteiger partial charge >= 0.3 is 0 Å². The van der Waals surface area contributed by atoms with E-state index in [1.807, 2.05) is 12.1 Å². The number of nitrogen functional groups attached to an aromatic ring is 1. The Morgan fingerprint density at radius 2 is 1.85 bits per heavy atom. The molecule has 106 valence electrons. The zero-order chi connectivity index (χ0) is 14.5. The summed E-state index contributed by atoms with van der Waals surface area (Å²) < 4.78 is 0. The summed E-state index contributed by atoms with van der Waals surface area (Å²) in [5, 5.41) is 0. The maximum absolute atomic E-state index is 5.90. The third kappa shape index (κ3) is 3.40. The normalized spacial score (nSPS) is 12.6. The molecular weight excluding hydrogens is 244 g/mol. The van der Waals surface area contributed by atoms with Crippen LogP contribution >= 0.6 is 0 Å². The average Bonchev–Trinajstić information content (AvgIpc) is 2.46. The predicted octanol–water partition coefficient (Wildman–Crippen LogP) is 4.16. The van der Waals surface area contributed by atoms with Crippen molar-refractivity contribution in [1.29, 1.82) is 0 Å². The molecule has 2 rings (SSSR count). The quantitative estimate of drug-likeness (QED) is 0.825. The van der Waals surface area contributed by atoms with Gasteiger partial charge in [-0.25, -0.2) is 0 Å². The minimum absolute atomic E-state index is 0.364. The molecule has 0 spiro atoms. The first-order chi connectivity index (χ1) is 9.61. The third-order valence-corrected chi connectivity index (χ3v) is 3.98. The van der Waals surface area contributed by atoms with Crippen molar-refractivity contribution in [2.75, 3.05) is 12.3 Å². The van der Waals surface area contributed by atoms with Crippen molar-refractivity contribution in [2.45, 2.75) is 33.4 Å². The minimum Gasteiger partial charge on any atom is -0.399 e. The zero-order valence-electron chi connectivity index (χ0n) is 12.6. The Balaban J connectivity index is 2.18. The molecule has 0 amide bonds. The van der Waals surface area contributed by atoms with Crippen LogP contribution in [-0.4, -0.2) is 11.4 Å². The van der Waals surface area contributed by atoms with Gasteiger partial charge < -0.3 is 5.73 Å². The number of hydrogen-bond donors (Lipinski definition) is 1. The predicted molar refractivity (Wildman–Crippen MR) is 86.5 cm³/mol. The molecular formula is C18H24N2. The van der Waals surface area contributed by atoms with Gasteiger partial charge in [-0.2, -0.15) is 0 Å². The van der Waals surface area contributed by atoms with Crippen LogP contribution < -0.4 is 5.73 Å². The molecule has 2 N–H and O–H groups in total. The molecule has 2 aromatic carbocycles. The van der Waals surface area contributed by atoms with E-state index < -0.39 is 0 Å². The summed E-state index contributed by atoms with van der Waals surface area (Å²) in [4.78, 5) is 2.47. The fourth-order valence-corrected chi connectivity index (χ4v) is 2.56. The standard InChI is InChI=1S/C18H24N2/c1-4-20(13-17-9-6-5-8-14(17)2)15(3)16-10-7-11-18(19)12-16/h5-12,15H,4,13,19H2,1-3H3. The van der Waals surface area contributed by atoms with Gasteiger partial charge in [-0.05, 0) is 49.2 Å². The Morgan fingerprint density at radius 3 is 2.50 bits per heavy atom. The highest BCUT2D eigenvalue weighted by atomic mass is 15.1. The van der Waals surface area contributed by atoms with Crippen LogP contribution in [0.4, 0.5) is 5.69 Å². The van der Waals surface area contributed by atoms with Crippen LogP contribution in [0, 0.1) is 6.92 Å². The highest BCUT2D eigenvalue weighted by Gasteiger charge is 2.15. The summed E-state index contributed by atoms with van der Waals surface area (Å²) >= 11 is 0. The second-order valence-corrected chi connectivity index (χ2v) is 5.34. The van der Waals surface area contributed by atoms with Crippen molar-refractivity contribution in [2.24, 2.45) is 0 Å². The van der Waals surface area contributed by atoms with E-state index in [4.69, 9.17) is 5.73 Å². The molecule has 0 fully saturated rings. The third-order valence-electron chi connectivity index (χ3n) is 3.98. The van der Waals surface area contributed by atoms with Gasteiger partial charge in [0.05, 0.1) is 0 Å². The summed E-state index contributed by atoms with van der Waals surface area (Å²) in [6, 6.07) is 17.2. The van der Waals surface area contributed by atoms with E-state index >= 15 is 0 Å². The van der Waals surface area contributed by atoms with E-state index in [0.29, 0.717) is 6.04 Å². The summed E-state index contributed by atoms with van der Waals surface area (Å²) in [6.07, 6.45) is 0. The number of nitrogens with two attached hydrogens (primary N) is 1. The fourth-order valence-electron chi connectivity index (χ4n) is 2.56. The van der Waals surface area contributed by atoms with Crippen LogP contribution in [0.3, 0.4) is 0 Å². The van der Waals surface area contributed by atoms with Gasteiger partial charge in [0.1, 0.15) is 0 Å². The largest absolute Gasteiger partial charge is 0.399 e. The Morgan fingerprint density at radius 1 is 1.10 bits per heavy atom. The number of benzene rings is 2. The topological polar surface area (TPSA) is 29.3 Å². The van der Waals surface area contributed by atoms with Crippen LogP contribution in [0.15, 0.2) is 48.5 Å². The summed E-state index contributed by atoms with van der Waals surface area (Å²) in [6.45, 7) is 8.62. The van der Waals surface area contributed by atoms with Crippen molar-refractivity contribution in [1.82, 2.24) is 4.90 Å². The van der Waals surface area contributed by atoms with Crippen LogP contribution in [-0.2, 0) is 6.54 Å². The number of aryl methyl sites for hydroxylation is 1. The van der Waals surface area contributed by atoms with Crippen molar-refractivity contribution < 1.29 is 0 Å². The van der Waals surface area contributed by atoms with Gasteiger partial charge in [0.25, 0.3) is 0 Å². The zero-order valence-corrected chi connectivity index (χ0v) is 12.6. The fraction of sp³-hybridized carbons (Fsp3) is 0.333. The maximum atomic E-state index is 5.90. The molecule has 0 aromatic heterocycles. The van der Waals surface area contributed by atoms with Crippen LogP contribution in [0.5, 0.6) is 0 Å². The molecule has 1 unspecified atom stereocenters. The first kappa shape index (κ1) is 14.6. The number of hydrogen-bond acceptors (Lipinski definition) is 2. The van der Waals surface area contributed by atoms with Crippen molar-refractivity contribution in [3.05, 3.63) is 65.2 Å². The highest BCUT2D eigenvalue weighted by molar-refractivity contribution is 5.41. The lowest BCUT2D eigenvalue weighted by Crippen LogP contribution is -2.26. The summed E-state index contributed by atoms with van der Waals surface area (Å²) in [7, 11) is 0. The lowest BCUT2D eigenvalue weighted by Gasteiger charge is -2.29. The first-order valence-electron chi connectivity index (χ1n) is 7.25. The molecule has 0 heterocycles. The SMILES string of the molecule is CCN(Cc1ccccc1C)C(C)c1cccc(N)c1. The summed E-state index contributed by atoms with van der Waals surface area (Å²) in [5.74, 6) is 0. The van der Waals surface area contributed by atoms with E-state index in [-0.39, 0.29) is 0 Å². The van der Waals surface area contributed by atoms with E-state index in [1.165, 1.54) is 16.7 Å². The van der Waals surface area contributed by atoms with Crippen LogP contribution in [0.25, 0.3) is 0 Å². The Hall–Kier alpha value is -1.80. The van der Waals surface area contributed by atoms with Crippen molar-refractivity contribution >= 4 is 5.69 Å². The molecule has 2 aromatic rings. The number of nitrogens with zero attached hydrogens (tertiary/aromatic N) is 1. The first-order valence-corrected chi connectivity index (χ1v) is 7.25. The van der Waals surface area contributed by atoms with Crippen molar-refractivity contribution in [3.8, 4) is 0 Å².